The molecule has 0 fully saturated rings. The molecule has 0 saturated carbocycles. The van der Waals surface area contributed by atoms with Gasteiger partial charge in [0, 0.05) is 36.0 Å². The van der Waals surface area contributed by atoms with Crippen LogP contribution in [0.1, 0.15) is 27.9 Å². The van der Waals surface area contributed by atoms with Crippen molar-refractivity contribution in [3.8, 4) is 0 Å². The number of hydrogen-bond acceptors (Lipinski definition) is 3. The lowest BCUT2D eigenvalue weighted by atomic mass is 10.0. The molecule has 0 aliphatic heterocycles. The molecule has 0 aliphatic rings. The van der Waals surface area contributed by atoms with E-state index in [9.17, 15) is 13.6 Å². The van der Waals surface area contributed by atoms with Crippen LogP contribution in [0.25, 0.3) is 0 Å². The van der Waals surface area contributed by atoms with Gasteiger partial charge in [0.05, 0.1) is 0 Å². The van der Waals surface area contributed by atoms with Gasteiger partial charge < -0.3 is 0 Å². The van der Waals surface area contributed by atoms with Crippen molar-refractivity contribution in [3.05, 3.63) is 92.4 Å². The summed E-state index contributed by atoms with van der Waals surface area (Å²) in [4.78, 5) is 17.3. The molecule has 1 heterocycles. The predicted octanol–water partition coefficient (Wildman–Crippen LogP) is 4.56. The largest absolute Gasteiger partial charge is 0.291 e. The van der Waals surface area contributed by atoms with Crippen LogP contribution in [0.3, 0.4) is 0 Å². The van der Waals surface area contributed by atoms with Gasteiger partial charge in [-0.05, 0) is 37.1 Å². The van der Waals surface area contributed by atoms with Crippen molar-refractivity contribution in [2.24, 2.45) is 7.05 Å². The Balaban J connectivity index is 1.89. The number of nitrogens with zero attached hydrogens (tertiary/aromatic N) is 2. The van der Waals surface area contributed by atoms with Crippen molar-refractivity contribution in [3.63, 3.8) is 0 Å². The van der Waals surface area contributed by atoms with E-state index in [1.165, 1.54) is 22.8 Å². The van der Waals surface area contributed by atoms with Crippen LogP contribution in [0.2, 0.25) is 0 Å². The van der Waals surface area contributed by atoms with Crippen LogP contribution >= 0.6 is 11.8 Å². The third kappa shape index (κ3) is 4.11. The monoisotopic (exact) mass is 386 g/mol. The number of hydrogen-bond donors (Lipinski definition) is 0. The average molecular weight is 386 g/mol. The van der Waals surface area contributed by atoms with E-state index in [1.807, 2.05) is 31.2 Å². The van der Waals surface area contributed by atoms with Gasteiger partial charge in [-0.15, -0.1) is 0 Å². The summed E-state index contributed by atoms with van der Waals surface area (Å²) >= 11 is 1.15. The summed E-state index contributed by atoms with van der Waals surface area (Å²) in [7, 11) is 1.64. The van der Waals surface area contributed by atoms with Gasteiger partial charge in [0.2, 0.25) is 0 Å². The van der Waals surface area contributed by atoms with E-state index in [-0.39, 0.29) is 16.9 Å². The zero-order chi connectivity index (χ0) is 19.6. The molecule has 0 N–H and O–H groups in total. The Morgan fingerprint density at radius 1 is 1.00 bits per heavy atom. The predicted molar refractivity (Wildman–Crippen MR) is 104 cm³/mol. The second-order valence-electron chi connectivity index (χ2n) is 6.41. The first-order chi connectivity index (χ1) is 12.9. The molecule has 27 heavy (non-hydrogen) atoms. The molecular weight excluding hydrogens is 366 g/mol. The lowest BCUT2D eigenvalue weighted by Crippen LogP contribution is -2.26. The van der Waals surface area contributed by atoms with Crippen molar-refractivity contribution >= 4 is 11.8 Å². The van der Waals surface area contributed by atoms with Crippen molar-refractivity contribution in [1.29, 1.82) is 0 Å². The van der Waals surface area contributed by atoms with E-state index in [0.717, 1.165) is 22.9 Å². The smallest absolute Gasteiger partial charge is 0.257 e. The Morgan fingerprint density at radius 3 is 2.33 bits per heavy atom. The lowest BCUT2D eigenvalue weighted by molar-refractivity contribution is 0.566. The SMILES string of the molecule is Cc1ccccc1Cc1c(C)nc(SCc2c(F)cccc2F)n(C)c1=O. The summed E-state index contributed by atoms with van der Waals surface area (Å²) in [6, 6.07) is 11.7. The van der Waals surface area contributed by atoms with Crippen LogP contribution in [0.4, 0.5) is 8.78 Å². The molecule has 0 saturated heterocycles. The summed E-state index contributed by atoms with van der Waals surface area (Å²) in [5, 5.41) is 0.439. The maximum Gasteiger partial charge on any atom is 0.257 e. The standard InChI is InChI=1S/C21H20F2N2OS/c1-13-7-4-5-8-15(13)11-16-14(2)24-21(25(3)20(16)26)27-12-17-18(22)9-6-10-19(17)23/h4-10H,11-12H2,1-3H3. The van der Waals surface area contributed by atoms with Crippen LogP contribution in [0.15, 0.2) is 52.4 Å². The zero-order valence-electron chi connectivity index (χ0n) is 15.4. The molecule has 3 rings (SSSR count). The molecule has 2 aromatic carbocycles. The molecule has 0 amide bonds. The maximum absolute atomic E-state index is 13.8. The molecule has 0 atom stereocenters. The van der Waals surface area contributed by atoms with E-state index < -0.39 is 11.6 Å². The minimum atomic E-state index is -0.597. The van der Waals surface area contributed by atoms with Crippen LogP contribution in [0.5, 0.6) is 0 Å². The van der Waals surface area contributed by atoms with Gasteiger partial charge in [-0.1, -0.05) is 42.1 Å². The van der Waals surface area contributed by atoms with Crippen molar-refractivity contribution in [2.45, 2.75) is 31.2 Å². The second kappa shape index (κ2) is 8.05. The third-order valence-electron chi connectivity index (χ3n) is 4.59. The van der Waals surface area contributed by atoms with Gasteiger partial charge in [0.25, 0.3) is 5.56 Å². The topological polar surface area (TPSA) is 34.9 Å². The van der Waals surface area contributed by atoms with Gasteiger partial charge in [-0.2, -0.15) is 0 Å². The summed E-state index contributed by atoms with van der Waals surface area (Å²) in [5.74, 6) is -1.13. The number of halogens is 2. The number of rotatable bonds is 5. The van der Waals surface area contributed by atoms with Gasteiger partial charge >= 0.3 is 0 Å². The highest BCUT2D eigenvalue weighted by molar-refractivity contribution is 7.98. The highest BCUT2D eigenvalue weighted by Crippen LogP contribution is 2.24. The van der Waals surface area contributed by atoms with Crippen LogP contribution in [0, 0.1) is 25.5 Å². The fourth-order valence-electron chi connectivity index (χ4n) is 2.87. The molecule has 1 aromatic heterocycles. The van der Waals surface area contributed by atoms with E-state index in [0.29, 0.717) is 22.8 Å². The Bertz CT molecular complexity index is 1030. The van der Waals surface area contributed by atoms with Crippen molar-refractivity contribution in [2.75, 3.05) is 0 Å². The van der Waals surface area contributed by atoms with Crippen LogP contribution in [-0.4, -0.2) is 9.55 Å². The fraction of sp³-hybridized carbons (Fsp3) is 0.238. The highest BCUT2D eigenvalue weighted by atomic mass is 32.2. The molecule has 0 bridgehead atoms. The first kappa shape index (κ1) is 19.3. The maximum atomic E-state index is 13.8. The normalized spacial score (nSPS) is 11.0. The van der Waals surface area contributed by atoms with Gasteiger partial charge in [0.15, 0.2) is 5.16 Å². The third-order valence-corrected chi connectivity index (χ3v) is 5.64. The molecule has 6 heteroatoms. The summed E-state index contributed by atoms with van der Waals surface area (Å²) < 4.78 is 29.1. The van der Waals surface area contributed by atoms with Gasteiger partial charge in [0.1, 0.15) is 11.6 Å². The first-order valence-electron chi connectivity index (χ1n) is 8.55. The summed E-state index contributed by atoms with van der Waals surface area (Å²) in [5.41, 5.74) is 3.31. The molecule has 3 nitrogen and oxygen atoms in total. The lowest BCUT2D eigenvalue weighted by Gasteiger charge is -2.13. The van der Waals surface area contributed by atoms with E-state index in [4.69, 9.17) is 0 Å². The Morgan fingerprint density at radius 2 is 1.67 bits per heavy atom. The molecule has 3 aromatic rings. The Hall–Kier alpha value is -2.47. The van der Waals surface area contributed by atoms with Crippen LogP contribution < -0.4 is 5.56 Å². The van der Waals surface area contributed by atoms with Gasteiger partial charge in [-0.3, -0.25) is 9.36 Å². The first-order valence-corrected chi connectivity index (χ1v) is 9.53. The van der Waals surface area contributed by atoms with E-state index in [1.54, 1.807) is 14.0 Å². The minimum absolute atomic E-state index is 0.0154. The Kier molecular flexibility index (Phi) is 5.75. The number of benzene rings is 2. The quantitative estimate of drug-likeness (QED) is 0.476. The molecule has 0 radical (unpaired) electrons. The molecule has 0 unspecified atom stereocenters. The van der Waals surface area contributed by atoms with Gasteiger partial charge in [-0.25, -0.2) is 13.8 Å². The molecular formula is C21H20F2N2OS. The summed E-state index contributed by atoms with van der Waals surface area (Å²) in [6.07, 6.45) is 0.505. The number of aryl methyl sites for hydroxylation is 2. The van der Waals surface area contributed by atoms with Crippen molar-refractivity contribution in [1.82, 2.24) is 9.55 Å². The average Bonchev–Trinajstić information content (AvgIpc) is 2.63. The zero-order valence-corrected chi connectivity index (χ0v) is 16.2. The number of thioether (sulfide) groups is 1. The van der Waals surface area contributed by atoms with Crippen molar-refractivity contribution < 1.29 is 8.78 Å². The Labute approximate surface area is 161 Å². The molecule has 140 valence electrons. The minimum Gasteiger partial charge on any atom is -0.291 e. The highest BCUT2D eigenvalue weighted by Gasteiger charge is 2.15. The van der Waals surface area contributed by atoms with E-state index >= 15 is 0 Å². The van der Waals surface area contributed by atoms with Crippen LogP contribution in [-0.2, 0) is 19.2 Å². The summed E-state index contributed by atoms with van der Waals surface area (Å²) in [6.45, 7) is 3.80. The van der Waals surface area contributed by atoms with E-state index in [2.05, 4.69) is 4.98 Å². The molecule has 0 spiro atoms. The second-order valence-corrected chi connectivity index (χ2v) is 7.36. The fourth-order valence-corrected chi connectivity index (χ4v) is 3.90. The molecule has 0 aliphatic carbocycles. The number of aromatic nitrogens is 2.